The zero-order chi connectivity index (χ0) is 12.7. The van der Waals surface area contributed by atoms with Crippen molar-refractivity contribution in [3.63, 3.8) is 0 Å². The minimum Gasteiger partial charge on any atom is -0.460 e. The van der Waals surface area contributed by atoms with Gasteiger partial charge in [0.25, 0.3) is 0 Å². The SMILES string of the molecule is C=C(C)C(=O)OCC(O)CNC1CCCCC1. The van der Waals surface area contributed by atoms with E-state index >= 15 is 0 Å². The highest BCUT2D eigenvalue weighted by Crippen LogP contribution is 2.17. The Bertz CT molecular complexity index is 259. The normalized spacial score (nSPS) is 18.7. The van der Waals surface area contributed by atoms with Gasteiger partial charge in [-0.2, -0.15) is 0 Å². The number of carbonyl (C=O) groups excluding carboxylic acids is 1. The van der Waals surface area contributed by atoms with Gasteiger partial charge in [0.1, 0.15) is 12.7 Å². The Labute approximate surface area is 103 Å². The Hall–Kier alpha value is -0.870. The summed E-state index contributed by atoms with van der Waals surface area (Å²) < 4.78 is 4.88. The van der Waals surface area contributed by atoms with E-state index in [1.165, 1.54) is 32.1 Å². The molecule has 0 aromatic heterocycles. The van der Waals surface area contributed by atoms with Crippen LogP contribution in [0.15, 0.2) is 12.2 Å². The predicted octanol–water partition coefficient (Wildman–Crippen LogP) is 1.39. The first-order chi connectivity index (χ1) is 8.09. The molecule has 0 amide bonds. The fourth-order valence-electron chi connectivity index (χ4n) is 1.96. The summed E-state index contributed by atoms with van der Waals surface area (Å²) in [7, 11) is 0. The van der Waals surface area contributed by atoms with Crippen LogP contribution in [0.4, 0.5) is 0 Å². The lowest BCUT2D eigenvalue weighted by atomic mass is 9.95. The van der Waals surface area contributed by atoms with Crippen molar-refractivity contribution in [2.45, 2.75) is 51.2 Å². The zero-order valence-corrected chi connectivity index (χ0v) is 10.6. The summed E-state index contributed by atoms with van der Waals surface area (Å²) in [5.74, 6) is -0.443. The Kier molecular flexibility index (Phi) is 6.22. The summed E-state index contributed by atoms with van der Waals surface area (Å²) in [4.78, 5) is 11.1. The van der Waals surface area contributed by atoms with Crippen LogP contribution in [0, 0.1) is 0 Å². The van der Waals surface area contributed by atoms with E-state index in [0.29, 0.717) is 18.2 Å². The van der Waals surface area contributed by atoms with Crippen molar-refractivity contribution in [1.29, 1.82) is 0 Å². The van der Waals surface area contributed by atoms with Crippen molar-refractivity contribution >= 4 is 5.97 Å². The second kappa shape index (κ2) is 7.45. The third kappa shape index (κ3) is 5.84. The smallest absolute Gasteiger partial charge is 0.333 e. The molecular formula is C13H23NO3. The van der Waals surface area contributed by atoms with Gasteiger partial charge in [0.05, 0.1) is 0 Å². The van der Waals surface area contributed by atoms with Crippen LogP contribution in [0.2, 0.25) is 0 Å². The molecule has 1 atom stereocenters. The highest BCUT2D eigenvalue weighted by Gasteiger charge is 2.15. The molecule has 1 aliphatic carbocycles. The number of hydrogen-bond donors (Lipinski definition) is 2. The van der Waals surface area contributed by atoms with Gasteiger partial charge in [-0.3, -0.25) is 0 Å². The van der Waals surface area contributed by atoms with Crippen molar-refractivity contribution in [3.05, 3.63) is 12.2 Å². The molecule has 0 heterocycles. The molecule has 1 unspecified atom stereocenters. The average molecular weight is 241 g/mol. The molecule has 0 aromatic carbocycles. The summed E-state index contributed by atoms with van der Waals surface area (Å²) >= 11 is 0. The lowest BCUT2D eigenvalue weighted by Crippen LogP contribution is -2.38. The van der Waals surface area contributed by atoms with E-state index in [9.17, 15) is 9.90 Å². The third-order valence-corrected chi connectivity index (χ3v) is 3.00. The molecule has 1 fully saturated rings. The third-order valence-electron chi connectivity index (χ3n) is 3.00. The van der Waals surface area contributed by atoms with Crippen LogP contribution in [0.25, 0.3) is 0 Å². The van der Waals surface area contributed by atoms with Gasteiger partial charge in [0.2, 0.25) is 0 Å². The molecule has 98 valence electrons. The van der Waals surface area contributed by atoms with Crippen LogP contribution < -0.4 is 5.32 Å². The lowest BCUT2D eigenvalue weighted by Gasteiger charge is -2.24. The fourth-order valence-corrected chi connectivity index (χ4v) is 1.96. The number of carbonyl (C=O) groups is 1. The summed E-state index contributed by atoms with van der Waals surface area (Å²) in [6, 6.07) is 0.509. The molecular weight excluding hydrogens is 218 g/mol. The van der Waals surface area contributed by atoms with E-state index in [2.05, 4.69) is 11.9 Å². The predicted molar refractivity (Wildman–Crippen MR) is 66.7 cm³/mol. The molecule has 0 aliphatic heterocycles. The first-order valence-corrected chi connectivity index (χ1v) is 6.33. The van der Waals surface area contributed by atoms with Gasteiger partial charge in [-0.15, -0.1) is 0 Å². The van der Waals surface area contributed by atoms with Gasteiger partial charge in [-0.25, -0.2) is 4.79 Å². The van der Waals surface area contributed by atoms with Crippen molar-refractivity contribution < 1.29 is 14.6 Å². The molecule has 1 rings (SSSR count). The summed E-state index contributed by atoms with van der Waals surface area (Å²) in [6.45, 7) is 5.59. The number of aliphatic hydroxyl groups excluding tert-OH is 1. The molecule has 4 nitrogen and oxygen atoms in total. The molecule has 0 radical (unpaired) electrons. The average Bonchev–Trinajstić information content (AvgIpc) is 2.34. The Morgan fingerprint density at radius 2 is 2.12 bits per heavy atom. The largest absolute Gasteiger partial charge is 0.460 e. The molecule has 1 aliphatic rings. The Morgan fingerprint density at radius 1 is 1.47 bits per heavy atom. The van der Waals surface area contributed by atoms with Gasteiger partial charge in [-0.05, 0) is 19.8 Å². The fraction of sp³-hybridized carbons (Fsp3) is 0.769. The second-order valence-electron chi connectivity index (χ2n) is 4.78. The van der Waals surface area contributed by atoms with Gasteiger partial charge < -0.3 is 15.2 Å². The van der Waals surface area contributed by atoms with E-state index in [4.69, 9.17) is 4.74 Å². The molecule has 4 heteroatoms. The first-order valence-electron chi connectivity index (χ1n) is 6.33. The quantitative estimate of drug-likeness (QED) is 0.545. The van der Waals surface area contributed by atoms with Crippen molar-refractivity contribution in [1.82, 2.24) is 5.32 Å². The van der Waals surface area contributed by atoms with Gasteiger partial charge >= 0.3 is 5.97 Å². The molecule has 0 bridgehead atoms. The minimum absolute atomic E-state index is 0.0331. The van der Waals surface area contributed by atoms with Crippen molar-refractivity contribution in [2.24, 2.45) is 0 Å². The molecule has 2 N–H and O–H groups in total. The topological polar surface area (TPSA) is 58.6 Å². The maximum Gasteiger partial charge on any atom is 0.333 e. The number of aliphatic hydroxyl groups is 1. The van der Waals surface area contributed by atoms with Gasteiger partial charge in [-0.1, -0.05) is 25.8 Å². The summed E-state index contributed by atoms with van der Waals surface area (Å²) in [6.07, 6.45) is 5.56. The Morgan fingerprint density at radius 3 is 2.71 bits per heavy atom. The number of esters is 1. The van der Waals surface area contributed by atoms with E-state index in [-0.39, 0.29) is 6.61 Å². The standard InChI is InChI=1S/C13H23NO3/c1-10(2)13(16)17-9-12(15)8-14-11-6-4-3-5-7-11/h11-12,14-15H,1,3-9H2,2H3. The second-order valence-corrected chi connectivity index (χ2v) is 4.78. The van der Waals surface area contributed by atoms with Crippen LogP contribution in [0.5, 0.6) is 0 Å². The van der Waals surface area contributed by atoms with Crippen LogP contribution >= 0.6 is 0 Å². The number of ether oxygens (including phenoxy) is 1. The minimum atomic E-state index is -0.639. The van der Waals surface area contributed by atoms with Gasteiger partial charge in [0, 0.05) is 18.2 Å². The number of rotatable bonds is 6. The molecule has 0 spiro atoms. The van der Waals surface area contributed by atoms with E-state index in [1.54, 1.807) is 6.92 Å². The van der Waals surface area contributed by atoms with E-state index < -0.39 is 12.1 Å². The number of nitrogens with one attached hydrogen (secondary N) is 1. The van der Waals surface area contributed by atoms with Crippen LogP contribution in [-0.2, 0) is 9.53 Å². The van der Waals surface area contributed by atoms with E-state index in [1.807, 2.05) is 0 Å². The van der Waals surface area contributed by atoms with Crippen molar-refractivity contribution in [3.8, 4) is 0 Å². The highest BCUT2D eigenvalue weighted by molar-refractivity contribution is 5.86. The maximum absolute atomic E-state index is 11.1. The van der Waals surface area contributed by atoms with Crippen LogP contribution in [-0.4, -0.2) is 36.4 Å². The molecule has 1 saturated carbocycles. The highest BCUT2D eigenvalue weighted by atomic mass is 16.5. The Balaban J connectivity index is 2.09. The molecule has 17 heavy (non-hydrogen) atoms. The van der Waals surface area contributed by atoms with Crippen molar-refractivity contribution in [2.75, 3.05) is 13.2 Å². The van der Waals surface area contributed by atoms with Crippen LogP contribution in [0.3, 0.4) is 0 Å². The van der Waals surface area contributed by atoms with Gasteiger partial charge in [0.15, 0.2) is 0 Å². The lowest BCUT2D eigenvalue weighted by molar-refractivity contribution is -0.141. The molecule has 0 saturated heterocycles. The zero-order valence-electron chi connectivity index (χ0n) is 10.6. The maximum atomic E-state index is 11.1. The monoisotopic (exact) mass is 241 g/mol. The number of hydrogen-bond acceptors (Lipinski definition) is 4. The first kappa shape index (κ1) is 14.2. The van der Waals surface area contributed by atoms with E-state index in [0.717, 1.165) is 0 Å². The molecule has 0 aromatic rings. The van der Waals surface area contributed by atoms with Crippen LogP contribution in [0.1, 0.15) is 39.0 Å². The summed E-state index contributed by atoms with van der Waals surface area (Å²) in [5.41, 5.74) is 0.359. The summed E-state index contributed by atoms with van der Waals surface area (Å²) in [5, 5.41) is 13.0.